The van der Waals surface area contributed by atoms with Gasteiger partial charge in [0.05, 0.1) is 11.7 Å². The molecule has 1 fully saturated rings. The summed E-state index contributed by atoms with van der Waals surface area (Å²) in [4.78, 5) is 4.06. The predicted molar refractivity (Wildman–Crippen MR) is 70.6 cm³/mol. The number of nitrogens with zero attached hydrogens (tertiary/aromatic N) is 1. The summed E-state index contributed by atoms with van der Waals surface area (Å²) in [5.41, 5.74) is -0.758. The molecule has 3 N–H and O–H groups in total. The van der Waals surface area contributed by atoms with Gasteiger partial charge in [-0.2, -0.15) is 13.2 Å². The van der Waals surface area contributed by atoms with Gasteiger partial charge >= 0.3 is 6.18 Å². The van der Waals surface area contributed by atoms with Crippen LogP contribution < -0.4 is 10.6 Å². The van der Waals surface area contributed by atoms with Crippen molar-refractivity contribution < 1.29 is 18.3 Å². The number of anilines is 2. The van der Waals surface area contributed by atoms with Crippen molar-refractivity contribution in [1.29, 1.82) is 0 Å². The van der Waals surface area contributed by atoms with Gasteiger partial charge in [-0.25, -0.2) is 4.98 Å². The second kappa shape index (κ2) is 5.87. The van der Waals surface area contributed by atoms with E-state index in [9.17, 15) is 18.3 Å². The molecule has 1 aliphatic rings. The summed E-state index contributed by atoms with van der Waals surface area (Å²) in [7, 11) is 0. The number of rotatable bonds is 6. The van der Waals surface area contributed by atoms with Crippen LogP contribution in [0.15, 0.2) is 12.1 Å². The topological polar surface area (TPSA) is 57.2 Å². The minimum Gasteiger partial charge on any atom is -0.391 e. The lowest BCUT2D eigenvalue weighted by molar-refractivity contribution is -0.137. The molecule has 4 nitrogen and oxygen atoms in total. The SMILES string of the molecule is CCNc1cc(C(F)(F)F)cc(NCC(O)C2CC2)n1. The first-order chi connectivity index (χ1) is 9.40. The Morgan fingerprint density at radius 1 is 1.30 bits per heavy atom. The molecule has 0 radical (unpaired) electrons. The summed E-state index contributed by atoms with van der Waals surface area (Å²) in [5.74, 6) is 0.558. The van der Waals surface area contributed by atoms with E-state index in [2.05, 4.69) is 15.6 Å². The maximum absolute atomic E-state index is 12.8. The Hall–Kier alpha value is -1.50. The van der Waals surface area contributed by atoms with E-state index < -0.39 is 17.8 Å². The van der Waals surface area contributed by atoms with Gasteiger partial charge in [0, 0.05) is 13.1 Å². The summed E-state index contributed by atoms with van der Waals surface area (Å²) in [6.07, 6.45) is -3.00. The van der Waals surface area contributed by atoms with E-state index >= 15 is 0 Å². The molecule has 0 saturated heterocycles. The highest BCUT2D eigenvalue weighted by molar-refractivity contribution is 5.49. The maximum Gasteiger partial charge on any atom is 0.416 e. The van der Waals surface area contributed by atoms with Gasteiger partial charge in [0.25, 0.3) is 0 Å². The van der Waals surface area contributed by atoms with E-state index in [0.29, 0.717) is 6.54 Å². The number of alkyl halides is 3. The molecule has 1 aliphatic carbocycles. The molecule has 0 amide bonds. The zero-order valence-corrected chi connectivity index (χ0v) is 11.2. The van der Waals surface area contributed by atoms with Gasteiger partial charge in [0.15, 0.2) is 0 Å². The maximum atomic E-state index is 12.8. The lowest BCUT2D eigenvalue weighted by atomic mass is 10.2. The first-order valence-corrected chi connectivity index (χ1v) is 6.65. The minimum atomic E-state index is -4.42. The van der Waals surface area contributed by atoms with E-state index in [1.807, 2.05) is 0 Å². The van der Waals surface area contributed by atoms with Crippen molar-refractivity contribution in [3.05, 3.63) is 17.7 Å². The quantitative estimate of drug-likeness (QED) is 0.753. The predicted octanol–water partition coefficient (Wildman–Crippen LogP) is 2.72. The van der Waals surface area contributed by atoms with Gasteiger partial charge in [-0.1, -0.05) is 0 Å². The Labute approximate surface area is 115 Å². The molecule has 1 unspecified atom stereocenters. The van der Waals surface area contributed by atoms with Gasteiger partial charge in [0.2, 0.25) is 0 Å². The number of nitrogens with one attached hydrogen (secondary N) is 2. The Bertz CT molecular complexity index is 461. The third-order valence-electron chi connectivity index (χ3n) is 3.17. The van der Waals surface area contributed by atoms with Crippen LogP contribution in [0.4, 0.5) is 24.8 Å². The highest BCUT2D eigenvalue weighted by atomic mass is 19.4. The lowest BCUT2D eigenvalue weighted by Gasteiger charge is -2.15. The van der Waals surface area contributed by atoms with Gasteiger partial charge in [-0.05, 0) is 37.8 Å². The molecule has 1 saturated carbocycles. The number of pyridine rings is 1. The highest BCUT2D eigenvalue weighted by Gasteiger charge is 2.32. The normalized spacial score (nSPS) is 16.9. The fraction of sp³-hybridized carbons (Fsp3) is 0.615. The van der Waals surface area contributed by atoms with Crippen LogP contribution in [-0.2, 0) is 6.18 Å². The molecule has 7 heteroatoms. The Morgan fingerprint density at radius 2 is 1.90 bits per heavy atom. The summed E-state index contributed by atoms with van der Waals surface area (Å²) < 4.78 is 38.4. The lowest BCUT2D eigenvalue weighted by Crippen LogP contribution is -2.22. The summed E-state index contributed by atoms with van der Waals surface area (Å²) in [5, 5.41) is 15.3. The van der Waals surface area contributed by atoms with Crippen molar-refractivity contribution in [2.75, 3.05) is 23.7 Å². The van der Waals surface area contributed by atoms with E-state index in [-0.39, 0.29) is 24.1 Å². The summed E-state index contributed by atoms with van der Waals surface area (Å²) in [6.45, 7) is 2.48. The fourth-order valence-corrected chi connectivity index (χ4v) is 1.91. The molecule has 0 aliphatic heterocycles. The van der Waals surface area contributed by atoms with E-state index in [1.54, 1.807) is 6.92 Å². The van der Waals surface area contributed by atoms with E-state index in [1.165, 1.54) is 0 Å². The molecule has 1 atom stereocenters. The van der Waals surface area contributed by atoms with Crippen molar-refractivity contribution in [2.45, 2.75) is 32.0 Å². The zero-order valence-electron chi connectivity index (χ0n) is 11.2. The molecular formula is C13H18F3N3O. The second-order valence-electron chi connectivity index (χ2n) is 4.94. The first kappa shape index (κ1) is 14.9. The Balaban J connectivity index is 2.11. The largest absolute Gasteiger partial charge is 0.416 e. The van der Waals surface area contributed by atoms with Gasteiger partial charge in [-0.15, -0.1) is 0 Å². The van der Waals surface area contributed by atoms with Crippen LogP contribution in [0.2, 0.25) is 0 Å². The fourth-order valence-electron chi connectivity index (χ4n) is 1.91. The van der Waals surface area contributed by atoms with Crippen LogP contribution >= 0.6 is 0 Å². The van der Waals surface area contributed by atoms with E-state index in [4.69, 9.17) is 0 Å². The van der Waals surface area contributed by atoms with Crippen molar-refractivity contribution in [1.82, 2.24) is 4.98 Å². The zero-order chi connectivity index (χ0) is 14.8. The summed E-state index contributed by atoms with van der Waals surface area (Å²) >= 11 is 0. The van der Waals surface area contributed by atoms with Gasteiger partial charge < -0.3 is 15.7 Å². The van der Waals surface area contributed by atoms with Gasteiger partial charge in [-0.3, -0.25) is 0 Å². The minimum absolute atomic E-state index is 0.121. The third kappa shape index (κ3) is 4.00. The van der Waals surface area contributed by atoms with Gasteiger partial charge in [0.1, 0.15) is 11.6 Å². The molecular weight excluding hydrogens is 271 g/mol. The van der Waals surface area contributed by atoms with Crippen LogP contribution in [0.1, 0.15) is 25.3 Å². The number of aromatic nitrogens is 1. The van der Waals surface area contributed by atoms with Crippen molar-refractivity contribution in [3.8, 4) is 0 Å². The number of hydrogen-bond acceptors (Lipinski definition) is 4. The first-order valence-electron chi connectivity index (χ1n) is 6.65. The van der Waals surface area contributed by atoms with Crippen molar-refractivity contribution in [2.24, 2.45) is 5.92 Å². The monoisotopic (exact) mass is 289 g/mol. The molecule has 0 spiro atoms. The molecule has 1 heterocycles. The summed E-state index contributed by atoms with van der Waals surface area (Å²) in [6, 6.07) is 1.94. The number of aliphatic hydroxyl groups excluding tert-OH is 1. The molecule has 2 rings (SSSR count). The van der Waals surface area contributed by atoms with Crippen LogP contribution in [0, 0.1) is 5.92 Å². The average Bonchev–Trinajstić information content (AvgIpc) is 3.19. The van der Waals surface area contributed by atoms with Crippen LogP contribution in [0.3, 0.4) is 0 Å². The van der Waals surface area contributed by atoms with Crippen LogP contribution in [0.5, 0.6) is 0 Å². The molecule has 1 aromatic rings. The van der Waals surface area contributed by atoms with Crippen LogP contribution in [-0.4, -0.2) is 29.3 Å². The number of aliphatic hydroxyl groups is 1. The Kier molecular flexibility index (Phi) is 4.37. The molecule has 1 aromatic heterocycles. The molecule has 112 valence electrons. The van der Waals surface area contributed by atoms with Crippen molar-refractivity contribution >= 4 is 11.6 Å². The molecule has 20 heavy (non-hydrogen) atoms. The third-order valence-corrected chi connectivity index (χ3v) is 3.17. The standard InChI is InChI=1S/C13H18F3N3O/c1-2-17-11-5-9(13(14,15)16)6-12(19-11)18-7-10(20)8-3-4-8/h5-6,8,10,20H,2-4,7H2,1H3,(H2,17,18,19). The van der Waals surface area contributed by atoms with E-state index in [0.717, 1.165) is 25.0 Å². The smallest absolute Gasteiger partial charge is 0.391 e. The highest BCUT2D eigenvalue weighted by Crippen LogP contribution is 2.34. The molecule has 0 bridgehead atoms. The average molecular weight is 289 g/mol. The number of hydrogen-bond donors (Lipinski definition) is 3. The van der Waals surface area contributed by atoms with Crippen LogP contribution in [0.25, 0.3) is 0 Å². The Morgan fingerprint density at radius 3 is 2.40 bits per heavy atom. The number of halogens is 3. The molecule has 0 aromatic carbocycles. The second-order valence-corrected chi connectivity index (χ2v) is 4.94. The van der Waals surface area contributed by atoms with Crippen molar-refractivity contribution in [3.63, 3.8) is 0 Å².